The second-order valence-electron chi connectivity index (χ2n) is 20.4. The van der Waals surface area contributed by atoms with E-state index < -0.39 is 0 Å². The van der Waals surface area contributed by atoms with Gasteiger partial charge in [0.25, 0.3) is 0 Å². The summed E-state index contributed by atoms with van der Waals surface area (Å²) in [4.78, 5) is 76.6. The zero-order valence-electron chi connectivity index (χ0n) is 42.0. The minimum Gasteiger partial charge on any atom is -0.343 e. The van der Waals surface area contributed by atoms with Gasteiger partial charge in [0, 0.05) is 87.9 Å². The minimum atomic E-state index is 0.125. The SMILES string of the molecule is CC(C)C(=O)CC1CCC1.CC(C)C(=O)CC1CCNC1.CC(C)C(=O)CCCN1CCCC1.CC(C)C(=O)CCCN1CCCC1=O.CC(C)C(=O)N(C)C1CCN(C)CC1. The van der Waals surface area contributed by atoms with Crippen LogP contribution in [0.4, 0.5) is 0 Å². The van der Waals surface area contributed by atoms with Crippen LogP contribution in [0.5, 0.6) is 0 Å². The van der Waals surface area contributed by atoms with Crippen molar-refractivity contribution in [3.05, 3.63) is 0 Å². The number of hydrogen-bond donors (Lipinski definition) is 1. The lowest BCUT2D eigenvalue weighted by Gasteiger charge is -2.35. The van der Waals surface area contributed by atoms with E-state index in [0.29, 0.717) is 47.9 Å². The summed E-state index contributed by atoms with van der Waals surface area (Å²) in [7, 11) is 4.08. The Bertz CT molecular complexity index is 1290. The molecule has 0 aromatic heterocycles. The molecule has 1 aliphatic carbocycles. The molecule has 0 bridgehead atoms. The minimum absolute atomic E-state index is 0.125. The van der Waals surface area contributed by atoms with E-state index in [0.717, 1.165) is 103 Å². The van der Waals surface area contributed by atoms with Gasteiger partial charge in [-0.2, -0.15) is 0 Å². The van der Waals surface area contributed by atoms with Gasteiger partial charge in [0.05, 0.1) is 0 Å². The molecule has 4 saturated heterocycles. The van der Waals surface area contributed by atoms with Crippen molar-refractivity contribution in [1.29, 1.82) is 0 Å². The fraction of sp³-hybridized carbons (Fsp3) is 0.882. The lowest BCUT2D eigenvalue weighted by Crippen LogP contribution is -2.45. The molecule has 0 spiro atoms. The van der Waals surface area contributed by atoms with Crippen molar-refractivity contribution in [2.75, 3.05) is 73.0 Å². The molecule has 4 aliphatic heterocycles. The first kappa shape index (κ1) is 57.5. The molecule has 4 heterocycles. The summed E-state index contributed by atoms with van der Waals surface area (Å²) in [5, 5.41) is 3.26. The Labute approximate surface area is 380 Å². The highest BCUT2D eigenvalue weighted by Gasteiger charge is 2.26. The number of carbonyl (C=O) groups is 6. The first-order valence-corrected chi connectivity index (χ1v) is 25.0. The predicted molar refractivity (Wildman–Crippen MR) is 255 cm³/mol. The number of rotatable bonds is 18. The monoisotopic (exact) mass is 874 g/mol. The largest absolute Gasteiger partial charge is 0.343 e. The Balaban J connectivity index is 0.000000390. The zero-order valence-corrected chi connectivity index (χ0v) is 42.0. The second-order valence-corrected chi connectivity index (χ2v) is 20.4. The molecule has 11 heteroatoms. The van der Waals surface area contributed by atoms with Crippen LogP contribution in [0.15, 0.2) is 0 Å². The van der Waals surface area contributed by atoms with Gasteiger partial charge in [-0.15, -0.1) is 0 Å². The molecular formula is C51H95N5O6. The average molecular weight is 874 g/mol. The third kappa shape index (κ3) is 25.1. The Hall–Kier alpha value is -2.50. The molecule has 1 unspecified atom stereocenters. The topological polar surface area (TPSA) is 127 Å². The number of hydrogen-bond acceptors (Lipinski definition) is 9. The summed E-state index contributed by atoms with van der Waals surface area (Å²) in [5.41, 5.74) is 0. The van der Waals surface area contributed by atoms with E-state index in [9.17, 15) is 28.8 Å². The number of likely N-dealkylation sites (tertiary alicyclic amines) is 3. The highest BCUT2D eigenvalue weighted by Crippen LogP contribution is 2.30. The summed E-state index contributed by atoms with van der Waals surface area (Å²) in [6.45, 7) is 29.3. The summed E-state index contributed by atoms with van der Waals surface area (Å²) in [5.74, 6) is 4.42. The molecule has 0 aromatic rings. The number of nitrogens with zero attached hydrogens (tertiary/aromatic N) is 4. The van der Waals surface area contributed by atoms with Crippen molar-refractivity contribution >= 4 is 34.9 Å². The van der Waals surface area contributed by atoms with Crippen LogP contribution < -0.4 is 5.32 Å². The van der Waals surface area contributed by atoms with E-state index in [1.54, 1.807) is 0 Å². The van der Waals surface area contributed by atoms with E-state index in [1.165, 1.54) is 51.6 Å². The Morgan fingerprint density at radius 3 is 1.50 bits per heavy atom. The van der Waals surface area contributed by atoms with Crippen molar-refractivity contribution in [3.63, 3.8) is 0 Å². The number of ketones is 4. The molecule has 11 nitrogen and oxygen atoms in total. The number of amides is 2. The molecule has 0 aromatic carbocycles. The Morgan fingerprint density at radius 1 is 0.597 bits per heavy atom. The zero-order chi connectivity index (χ0) is 46.8. The maximum absolute atomic E-state index is 11.7. The van der Waals surface area contributed by atoms with Gasteiger partial charge in [0.1, 0.15) is 23.1 Å². The maximum Gasteiger partial charge on any atom is 0.225 e. The highest BCUT2D eigenvalue weighted by atomic mass is 16.2. The molecule has 1 N–H and O–H groups in total. The molecule has 5 aliphatic rings. The second kappa shape index (κ2) is 32.2. The average Bonchev–Trinajstić information content (AvgIpc) is 4.01. The van der Waals surface area contributed by atoms with E-state index >= 15 is 0 Å². The third-order valence-corrected chi connectivity index (χ3v) is 13.1. The molecule has 5 fully saturated rings. The summed E-state index contributed by atoms with van der Waals surface area (Å²) < 4.78 is 0. The van der Waals surface area contributed by atoms with E-state index in [2.05, 4.69) is 22.2 Å². The third-order valence-electron chi connectivity index (χ3n) is 13.1. The molecule has 1 saturated carbocycles. The van der Waals surface area contributed by atoms with Crippen LogP contribution in [-0.2, 0) is 28.8 Å². The van der Waals surface area contributed by atoms with Gasteiger partial charge >= 0.3 is 0 Å². The van der Waals surface area contributed by atoms with Gasteiger partial charge < -0.3 is 24.9 Å². The number of nitrogens with one attached hydrogen (secondary N) is 1. The molecule has 1 atom stereocenters. The number of carbonyl (C=O) groups excluding carboxylic acids is 6. The molecular weight excluding hydrogens is 779 g/mol. The lowest BCUT2D eigenvalue weighted by molar-refractivity contribution is -0.136. The Kier molecular flexibility index (Phi) is 29.9. The van der Waals surface area contributed by atoms with Crippen molar-refractivity contribution < 1.29 is 28.8 Å². The van der Waals surface area contributed by atoms with Crippen LogP contribution in [0.3, 0.4) is 0 Å². The number of Topliss-reactive ketones (excluding diaryl/α,β-unsaturated/α-hetero) is 4. The van der Waals surface area contributed by atoms with E-state index in [1.807, 2.05) is 86.1 Å². The van der Waals surface area contributed by atoms with Crippen molar-refractivity contribution in [1.82, 2.24) is 24.9 Å². The molecule has 2 amide bonds. The molecule has 360 valence electrons. The first-order valence-electron chi connectivity index (χ1n) is 25.0. The summed E-state index contributed by atoms with van der Waals surface area (Å²) in [6, 6.07) is 0.459. The van der Waals surface area contributed by atoms with Gasteiger partial charge in [-0.3, -0.25) is 28.8 Å². The van der Waals surface area contributed by atoms with Gasteiger partial charge in [-0.25, -0.2) is 0 Å². The summed E-state index contributed by atoms with van der Waals surface area (Å²) >= 11 is 0. The van der Waals surface area contributed by atoms with Gasteiger partial charge in [0.2, 0.25) is 11.8 Å². The highest BCUT2D eigenvalue weighted by molar-refractivity contribution is 5.82. The smallest absolute Gasteiger partial charge is 0.225 e. The van der Waals surface area contributed by atoms with E-state index in [-0.39, 0.29) is 41.4 Å². The maximum atomic E-state index is 11.7. The molecule has 62 heavy (non-hydrogen) atoms. The molecule has 0 radical (unpaired) electrons. The molecule has 5 rings (SSSR count). The quantitative estimate of drug-likeness (QED) is 0.144. The van der Waals surface area contributed by atoms with Crippen LogP contribution >= 0.6 is 0 Å². The van der Waals surface area contributed by atoms with Gasteiger partial charge in [-0.1, -0.05) is 88.5 Å². The predicted octanol–water partition coefficient (Wildman–Crippen LogP) is 8.51. The van der Waals surface area contributed by atoms with Crippen molar-refractivity contribution in [3.8, 4) is 0 Å². The summed E-state index contributed by atoms with van der Waals surface area (Å²) in [6.07, 6.45) is 16.6. The fourth-order valence-corrected chi connectivity index (χ4v) is 8.04. The first-order chi connectivity index (χ1) is 29.2. The Morgan fingerprint density at radius 2 is 1.10 bits per heavy atom. The standard InChI is InChI=1S/C11H22N2O.C11H19NO2.C11H21NO.C9H17NO.C9H16O/c1-9(2)11(14)13(4)10-5-7-12(3)8-6-10;1-9(2)10(13)5-3-7-12-8-4-6-11(12)14;1-10(2)11(13)6-5-9-12-7-3-4-8-12;1-7(2)9(11)5-8-3-4-10-6-8;1-7(2)9(10)6-8-4-3-5-8/h9-10H,5-8H2,1-4H3;9H,3-8H2,1-2H3;10H,3-9H2,1-2H3;7-8,10H,3-6H2,1-2H3;7-8H,3-6H2,1-2H3. The van der Waals surface area contributed by atoms with Crippen LogP contribution in [0.1, 0.15) is 172 Å². The van der Waals surface area contributed by atoms with Crippen LogP contribution in [0.25, 0.3) is 0 Å². The fourth-order valence-electron chi connectivity index (χ4n) is 8.04. The lowest BCUT2D eigenvalue weighted by atomic mass is 9.80. The van der Waals surface area contributed by atoms with Crippen molar-refractivity contribution in [2.45, 2.75) is 178 Å². The van der Waals surface area contributed by atoms with Crippen LogP contribution in [0.2, 0.25) is 0 Å². The number of piperidine rings is 1. The van der Waals surface area contributed by atoms with Gasteiger partial charge in [0.15, 0.2) is 0 Å². The van der Waals surface area contributed by atoms with Crippen molar-refractivity contribution in [2.24, 2.45) is 41.4 Å². The van der Waals surface area contributed by atoms with E-state index in [4.69, 9.17) is 0 Å². The van der Waals surface area contributed by atoms with Gasteiger partial charge in [-0.05, 0) is 116 Å². The normalized spacial score (nSPS) is 19.6. The van der Waals surface area contributed by atoms with Crippen LogP contribution in [0, 0.1) is 41.4 Å². The van der Waals surface area contributed by atoms with Crippen LogP contribution in [-0.4, -0.2) is 134 Å².